The van der Waals surface area contributed by atoms with Gasteiger partial charge in [0.05, 0.1) is 19.2 Å². The molecule has 5 nitrogen and oxygen atoms in total. The number of anilines is 1. The Morgan fingerprint density at radius 2 is 1.80 bits per heavy atom. The van der Waals surface area contributed by atoms with Crippen LogP contribution in [0.1, 0.15) is 42.1 Å². The fourth-order valence-electron chi connectivity index (χ4n) is 3.43. The molecule has 1 aliphatic rings. The minimum Gasteiger partial charge on any atom is -0.497 e. The van der Waals surface area contributed by atoms with E-state index in [4.69, 9.17) is 4.74 Å². The van der Waals surface area contributed by atoms with Crippen LogP contribution in [0.4, 0.5) is 5.95 Å². The van der Waals surface area contributed by atoms with Gasteiger partial charge in [-0.2, -0.15) is 10.1 Å². The van der Waals surface area contributed by atoms with Crippen molar-refractivity contribution in [2.75, 3.05) is 12.4 Å². The standard InChI is InChI=1S/C20H22N4O/c1-3-14-4-6-16(7-5-14)19-12-18(23-20-21-13-22-24(19)20)15-8-10-17(25-2)11-9-15/h4-11,13,18-19H,3,12H2,1-2H3,(H,21,22,23)/t18-,19+/m1/s1. The molecule has 0 bridgehead atoms. The van der Waals surface area contributed by atoms with E-state index in [1.807, 2.05) is 16.8 Å². The molecule has 3 aromatic rings. The van der Waals surface area contributed by atoms with Crippen molar-refractivity contribution < 1.29 is 4.74 Å². The number of methoxy groups -OCH3 is 1. The van der Waals surface area contributed by atoms with Crippen molar-refractivity contribution in [1.82, 2.24) is 14.8 Å². The Morgan fingerprint density at radius 3 is 2.48 bits per heavy atom. The zero-order valence-electron chi connectivity index (χ0n) is 14.5. The topological polar surface area (TPSA) is 52.0 Å². The number of fused-ring (bicyclic) bond motifs is 1. The lowest BCUT2D eigenvalue weighted by Crippen LogP contribution is -2.28. The van der Waals surface area contributed by atoms with Crippen molar-refractivity contribution in [2.24, 2.45) is 0 Å². The van der Waals surface area contributed by atoms with E-state index in [1.54, 1.807) is 13.4 Å². The first-order valence-electron chi connectivity index (χ1n) is 8.67. The van der Waals surface area contributed by atoms with Crippen LogP contribution in [0.15, 0.2) is 54.9 Å². The minimum absolute atomic E-state index is 0.178. The zero-order valence-corrected chi connectivity index (χ0v) is 14.5. The molecule has 0 aliphatic carbocycles. The lowest BCUT2D eigenvalue weighted by molar-refractivity contribution is 0.413. The van der Waals surface area contributed by atoms with E-state index < -0.39 is 0 Å². The van der Waals surface area contributed by atoms with Gasteiger partial charge in [-0.15, -0.1) is 0 Å². The molecular formula is C20H22N4O. The minimum atomic E-state index is 0.178. The molecule has 4 rings (SSSR count). The summed E-state index contributed by atoms with van der Waals surface area (Å²) in [4.78, 5) is 4.39. The highest BCUT2D eigenvalue weighted by atomic mass is 16.5. The summed E-state index contributed by atoms with van der Waals surface area (Å²) in [6.45, 7) is 2.18. The monoisotopic (exact) mass is 334 g/mol. The summed E-state index contributed by atoms with van der Waals surface area (Å²) in [5.41, 5.74) is 3.84. The maximum Gasteiger partial charge on any atom is 0.222 e. The summed E-state index contributed by atoms with van der Waals surface area (Å²) in [5.74, 6) is 1.69. The lowest BCUT2D eigenvalue weighted by Gasteiger charge is -2.32. The summed E-state index contributed by atoms with van der Waals surface area (Å²) in [5, 5.41) is 7.94. The van der Waals surface area contributed by atoms with Gasteiger partial charge in [-0.1, -0.05) is 43.3 Å². The molecule has 0 saturated carbocycles. The first-order valence-corrected chi connectivity index (χ1v) is 8.67. The highest BCUT2D eigenvalue weighted by molar-refractivity contribution is 5.40. The van der Waals surface area contributed by atoms with Gasteiger partial charge in [0.15, 0.2) is 0 Å². The fraction of sp³-hybridized carbons (Fsp3) is 0.300. The molecule has 0 saturated heterocycles. The SMILES string of the molecule is CCc1ccc([C@@H]2C[C@H](c3ccc(OC)cc3)Nc3ncnn32)cc1. The van der Waals surface area contributed by atoms with Crippen molar-refractivity contribution in [3.63, 3.8) is 0 Å². The number of nitrogens with zero attached hydrogens (tertiary/aromatic N) is 3. The molecular weight excluding hydrogens is 312 g/mol. The summed E-state index contributed by atoms with van der Waals surface area (Å²) in [7, 11) is 1.69. The first-order chi connectivity index (χ1) is 12.3. The Kier molecular flexibility index (Phi) is 4.14. The average molecular weight is 334 g/mol. The highest BCUT2D eigenvalue weighted by Gasteiger charge is 2.29. The van der Waals surface area contributed by atoms with Crippen LogP contribution < -0.4 is 10.1 Å². The van der Waals surface area contributed by atoms with E-state index >= 15 is 0 Å². The normalized spacial score (nSPS) is 19.1. The van der Waals surface area contributed by atoms with Gasteiger partial charge in [0.2, 0.25) is 5.95 Å². The molecule has 2 heterocycles. The number of hydrogen-bond acceptors (Lipinski definition) is 4. The van der Waals surface area contributed by atoms with E-state index in [9.17, 15) is 0 Å². The zero-order chi connectivity index (χ0) is 17.2. The number of aromatic nitrogens is 3. The van der Waals surface area contributed by atoms with Gasteiger partial charge in [-0.05, 0) is 41.7 Å². The Hall–Kier alpha value is -2.82. The van der Waals surface area contributed by atoms with Crippen LogP contribution >= 0.6 is 0 Å². The van der Waals surface area contributed by atoms with Gasteiger partial charge in [0.1, 0.15) is 12.1 Å². The number of nitrogens with one attached hydrogen (secondary N) is 1. The third kappa shape index (κ3) is 2.97. The van der Waals surface area contributed by atoms with E-state index in [0.29, 0.717) is 0 Å². The van der Waals surface area contributed by atoms with E-state index in [2.05, 4.69) is 58.7 Å². The van der Waals surface area contributed by atoms with Gasteiger partial charge >= 0.3 is 0 Å². The number of hydrogen-bond donors (Lipinski definition) is 1. The van der Waals surface area contributed by atoms with Crippen molar-refractivity contribution in [3.05, 3.63) is 71.5 Å². The Balaban J connectivity index is 1.66. The molecule has 1 aliphatic heterocycles. The molecule has 1 aromatic heterocycles. The second-order valence-corrected chi connectivity index (χ2v) is 6.34. The average Bonchev–Trinajstić information content (AvgIpc) is 3.16. The van der Waals surface area contributed by atoms with Crippen molar-refractivity contribution >= 4 is 5.95 Å². The summed E-state index contributed by atoms with van der Waals surface area (Å²) in [6.07, 6.45) is 3.59. The van der Waals surface area contributed by atoms with Crippen LogP contribution in [0, 0.1) is 0 Å². The third-order valence-electron chi connectivity index (χ3n) is 4.92. The molecule has 25 heavy (non-hydrogen) atoms. The Morgan fingerprint density at radius 1 is 1.08 bits per heavy atom. The van der Waals surface area contributed by atoms with E-state index in [-0.39, 0.29) is 12.1 Å². The van der Waals surface area contributed by atoms with Crippen LogP contribution in [0.2, 0.25) is 0 Å². The van der Waals surface area contributed by atoms with E-state index in [0.717, 1.165) is 24.5 Å². The van der Waals surface area contributed by atoms with Gasteiger partial charge in [-0.3, -0.25) is 0 Å². The second-order valence-electron chi connectivity index (χ2n) is 6.34. The lowest BCUT2D eigenvalue weighted by atomic mass is 9.93. The molecule has 2 atom stereocenters. The summed E-state index contributed by atoms with van der Waals surface area (Å²) < 4.78 is 7.25. The van der Waals surface area contributed by atoms with Crippen LogP contribution in [0.25, 0.3) is 0 Å². The fourth-order valence-corrected chi connectivity index (χ4v) is 3.43. The van der Waals surface area contributed by atoms with Crippen LogP contribution in [0.3, 0.4) is 0 Å². The quantitative estimate of drug-likeness (QED) is 0.784. The molecule has 0 fully saturated rings. The highest BCUT2D eigenvalue weighted by Crippen LogP contribution is 2.37. The molecule has 128 valence electrons. The molecule has 0 spiro atoms. The summed E-state index contributed by atoms with van der Waals surface area (Å²) in [6, 6.07) is 17.4. The van der Waals surface area contributed by atoms with Crippen LogP contribution in [-0.4, -0.2) is 21.9 Å². The molecule has 2 aromatic carbocycles. The Labute approximate surface area is 147 Å². The molecule has 0 unspecified atom stereocenters. The third-order valence-corrected chi connectivity index (χ3v) is 4.92. The predicted molar refractivity (Wildman–Crippen MR) is 98.0 cm³/mol. The van der Waals surface area contributed by atoms with Gasteiger partial charge in [0, 0.05) is 0 Å². The van der Waals surface area contributed by atoms with Crippen LogP contribution in [0.5, 0.6) is 5.75 Å². The number of aryl methyl sites for hydroxylation is 1. The van der Waals surface area contributed by atoms with Crippen LogP contribution in [-0.2, 0) is 6.42 Å². The largest absolute Gasteiger partial charge is 0.497 e. The van der Waals surface area contributed by atoms with Gasteiger partial charge in [-0.25, -0.2) is 4.68 Å². The van der Waals surface area contributed by atoms with Crippen molar-refractivity contribution in [3.8, 4) is 5.75 Å². The maximum absolute atomic E-state index is 5.27. The smallest absolute Gasteiger partial charge is 0.222 e. The summed E-state index contributed by atoms with van der Waals surface area (Å²) >= 11 is 0. The number of ether oxygens (including phenoxy) is 1. The number of rotatable bonds is 4. The molecule has 0 radical (unpaired) electrons. The Bertz CT molecular complexity index is 839. The molecule has 5 heteroatoms. The number of benzene rings is 2. The van der Waals surface area contributed by atoms with Gasteiger partial charge < -0.3 is 10.1 Å². The molecule has 0 amide bonds. The second kappa shape index (κ2) is 6.59. The first kappa shape index (κ1) is 15.7. The maximum atomic E-state index is 5.27. The predicted octanol–water partition coefficient (Wildman–Crippen LogP) is 4.00. The van der Waals surface area contributed by atoms with Crippen molar-refractivity contribution in [1.29, 1.82) is 0 Å². The van der Waals surface area contributed by atoms with Gasteiger partial charge in [0.25, 0.3) is 0 Å². The van der Waals surface area contributed by atoms with Crippen molar-refractivity contribution in [2.45, 2.75) is 31.8 Å². The van der Waals surface area contributed by atoms with E-state index in [1.165, 1.54) is 16.7 Å². The molecule has 1 N–H and O–H groups in total.